The highest BCUT2D eigenvalue weighted by Crippen LogP contribution is 2.32. The average molecular weight is 214 g/mol. The number of Topliss-reactive ketones (excluding diaryl/α,β-unsaturated/α-hetero) is 1. The van der Waals surface area contributed by atoms with Gasteiger partial charge in [-0.2, -0.15) is 0 Å². The Balaban J connectivity index is 2.32. The van der Waals surface area contributed by atoms with Crippen molar-refractivity contribution in [2.45, 2.75) is 65.3 Å². The van der Waals surface area contributed by atoms with Crippen LogP contribution in [0, 0.1) is 5.41 Å². The van der Waals surface area contributed by atoms with E-state index in [2.05, 4.69) is 6.92 Å². The molecule has 1 N–H and O–H groups in total. The second-order valence-electron chi connectivity index (χ2n) is 5.37. The zero-order valence-corrected chi connectivity index (χ0v) is 10.1. The van der Waals surface area contributed by atoms with Gasteiger partial charge in [-0.3, -0.25) is 4.79 Å². The molecule has 15 heavy (non-hydrogen) atoms. The second kappa shape index (κ2) is 4.62. The van der Waals surface area contributed by atoms with Crippen LogP contribution in [-0.2, 0) is 9.53 Å². The number of ether oxygens (including phenoxy) is 1. The number of carbonyl (C=O) groups is 1. The third-order valence-electron chi connectivity index (χ3n) is 2.81. The van der Waals surface area contributed by atoms with Gasteiger partial charge >= 0.3 is 0 Å². The maximum absolute atomic E-state index is 11.7. The summed E-state index contributed by atoms with van der Waals surface area (Å²) in [7, 11) is 0. The molecule has 3 atom stereocenters. The predicted octanol–water partition coefficient (Wildman–Crippen LogP) is 1.92. The predicted molar refractivity (Wildman–Crippen MR) is 58.7 cm³/mol. The molecule has 3 nitrogen and oxygen atoms in total. The summed E-state index contributed by atoms with van der Waals surface area (Å²) in [5.41, 5.74) is -0.365. The van der Waals surface area contributed by atoms with E-state index in [9.17, 15) is 9.90 Å². The van der Waals surface area contributed by atoms with E-state index in [0.717, 1.165) is 12.8 Å². The number of rotatable bonds is 5. The molecule has 1 rings (SSSR count). The zero-order chi connectivity index (χ0) is 11.6. The fourth-order valence-electron chi connectivity index (χ4n) is 1.62. The van der Waals surface area contributed by atoms with Gasteiger partial charge in [0.05, 0.1) is 12.2 Å². The van der Waals surface area contributed by atoms with Gasteiger partial charge in [-0.25, -0.2) is 0 Å². The summed E-state index contributed by atoms with van der Waals surface area (Å²) in [5.74, 6) is 0.0979. The minimum Gasteiger partial charge on any atom is -0.390 e. The molecule has 0 aromatic carbocycles. The van der Waals surface area contributed by atoms with Crippen molar-refractivity contribution in [2.75, 3.05) is 0 Å². The number of hydrogen-bond donors (Lipinski definition) is 1. The number of aliphatic hydroxyl groups excluding tert-OH is 1. The molecule has 0 amide bonds. The number of epoxide rings is 1. The zero-order valence-electron chi connectivity index (χ0n) is 10.1. The van der Waals surface area contributed by atoms with Gasteiger partial charge in [0.15, 0.2) is 0 Å². The van der Waals surface area contributed by atoms with E-state index in [0.29, 0.717) is 0 Å². The van der Waals surface area contributed by atoms with E-state index < -0.39 is 6.10 Å². The fourth-order valence-corrected chi connectivity index (χ4v) is 1.62. The molecule has 0 aromatic heterocycles. The third-order valence-corrected chi connectivity index (χ3v) is 2.81. The number of aliphatic hydroxyl groups is 1. The first-order chi connectivity index (χ1) is 6.86. The van der Waals surface area contributed by atoms with Crippen LogP contribution in [0.4, 0.5) is 0 Å². The van der Waals surface area contributed by atoms with Crippen LogP contribution in [0.2, 0.25) is 0 Å². The third kappa shape index (κ3) is 3.58. The van der Waals surface area contributed by atoms with E-state index in [4.69, 9.17) is 4.74 Å². The van der Waals surface area contributed by atoms with Gasteiger partial charge < -0.3 is 9.84 Å². The Morgan fingerprint density at radius 3 is 2.53 bits per heavy atom. The summed E-state index contributed by atoms with van der Waals surface area (Å²) < 4.78 is 5.33. The Labute approximate surface area is 91.8 Å². The van der Waals surface area contributed by atoms with E-state index >= 15 is 0 Å². The molecule has 1 saturated heterocycles. The van der Waals surface area contributed by atoms with Gasteiger partial charge in [0.1, 0.15) is 11.9 Å². The van der Waals surface area contributed by atoms with Crippen LogP contribution in [0.5, 0.6) is 0 Å². The minimum atomic E-state index is -0.617. The Hall–Kier alpha value is -0.410. The summed E-state index contributed by atoms with van der Waals surface area (Å²) in [4.78, 5) is 11.7. The van der Waals surface area contributed by atoms with Crippen LogP contribution in [0.1, 0.15) is 47.0 Å². The van der Waals surface area contributed by atoms with Crippen molar-refractivity contribution >= 4 is 5.78 Å². The quantitative estimate of drug-likeness (QED) is 0.711. The highest BCUT2D eigenvalue weighted by atomic mass is 16.6. The Kier molecular flexibility index (Phi) is 3.90. The van der Waals surface area contributed by atoms with Crippen LogP contribution in [0.15, 0.2) is 0 Å². The van der Waals surface area contributed by atoms with Gasteiger partial charge in [-0.1, -0.05) is 34.1 Å². The molecule has 1 aliphatic rings. The molecule has 1 aliphatic heterocycles. The molecule has 0 aliphatic carbocycles. The van der Waals surface area contributed by atoms with Crippen molar-refractivity contribution in [1.29, 1.82) is 0 Å². The highest BCUT2D eigenvalue weighted by Gasteiger charge is 2.44. The van der Waals surface area contributed by atoms with Crippen LogP contribution in [0.25, 0.3) is 0 Å². The van der Waals surface area contributed by atoms with Crippen LogP contribution in [0.3, 0.4) is 0 Å². The molecule has 3 heteroatoms. The van der Waals surface area contributed by atoms with Gasteiger partial charge in [0.25, 0.3) is 0 Å². The van der Waals surface area contributed by atoms with Gasteiger partial charge in [0, 0.05) is 11.8 Å². The van der Waals surface area contributed by atoms with Crippen molar-refractivity contribution in [3.05, 3.63) is 0 Å². The smallest absolute Gasteiger partial charge is 0.140 e. The number of carbonyl (C=O) groups excluding carboxylic acids is 1. The number of ketones is 1. The molecule has 0 radical (unpaired) electrons. The largest absolute Gasteiger partial charge is 0.390 e. The first-order valence-electron chi connectivity index (χ1n) is 5.73. The van der Waals surface area contributed by atoms with E-state index in [1.165, 1.54) is 0 Å². The van der Waals surface area contributed by atoms with Gasteiger partial charge in [-0.15, -0.1) is 0 Å². The average Bonchev–Trinajstić information content (AvgIpc) is 2.82. The van der Waals surface area contributed by atoms with E-state index in [-0.39, 0.29) is 29.8 Å². The van der Waals surface area contributed by atoms with Crippen molar-refractivity contribution in [3.63, 3.8) is 0 Å². The standard InChI is InChI=1S/C12H22O3/c1-5-6-9-11(15-9)8(13)7-10(14)12(2,3)4/h8-9,11,13H,5-7H2,1-4H3/t8-,9-,11-/m1/s1. The van der Waals surface area contributed by atoms with Gasteiger partial charge in [-0.05, 0) is 6.42 Å². The van der Waals surface area contributed by atoms with Gasteiger partial charge in [0.2, 0.25) is 0 Å². The van der Waals surface area contributed by atoms with E-state index in [1.807, 2.05) is 20.8 Å². The molecule has 1 fully saturated rings. The lowest BCUT2D eigenvalue weighted by atomic mass is 9.87. The summed E-state index contributed by atoms with van der Waals surface area (Å²) in [6, 6.07) is 0. The highest BCUT2D eigenvalue weighted by molar-refractivity contribution is 5.84. The molecule has 0 bridgehead atoms. The molecule has 0 unspecified atom stereocenters. The molecular weight excluding hydrogens is 192 g/mol. The molecule has 1 heterocycles. The number of hydrogen-bond acceptors (Lipinski definition) is 3. The fraction of sp³-hybridized carbons (Fsp3) is 0.917. The second-order valence-corrected chi connectivity index (χ2v) is 5.37. The van der Waals surface area contributed by atoms with Crippen LogP contribution in [-0.4, -0.2) is 29.2 Å². The van der Waals surface area contributed by atoms with E-state index in [1.54, 1.807) is 0 Å². The SMILES string of the molecule is CCC[C@H]1O[C@@H]1[C@H](O)CC(=O)C(C)(C)C. The molecule has 0 saturated carbocycles. The summed E-state index contributed by atoms with van der Waals surface area (Å²) in [6.45, 7) is 7.71. The summed E-state index contributed by atoms with van der Waals surface area (Å²) in [5, 5.41) is 9.77. The lowest BCUT2D eigenvalue weighted by Crippen LogP contribution is -2.28. The lowest BCUT2D eigenvalue weighted by Gasteiger charge is -2.18. The molecule has 0 spiro atoms. The topological polar surface area (TPSA) is 49.8 Å². The van der Waals surface area contributed by atoms with Crippen molar-refractivity contribution in [2.24, 2.45) is 5.41 Å². The first kappa shape index (κ1) is 12.7. The lowest BCUT2D eigenvalue weighted by molar-refractivity contribution is -0.128. The normalized spacial score (nSPS) is 27.5. The summed E-state index contributed by atoms with van der Waals surface area (Å²) in [6.07, 6.45) is 1.71. The Morgan fingerprint density at radius 2 is 2.07 bits per heavy atom. The molecule has 88 valence electrons. The maximum Gasteiger partial charge on any atom is 0.140 e. The van der Waals surface area contributed by atoms with Crippen LogP contribution < -0.4 is 0 Å². The Bertz CT molecular complexity index is 230. The molecule has 0 aromatic rings. The van der Waals surface area contributed by atoms with Crippen molar-refractivity contribution < 1.29 is 14.6 Å². The van der Waals surface area contributed by atoms with Crippen molar-refractivity contribution in [1.82, 2.24) is 0 Å². The van der Waals surface area contributed by atoms with Crippen molar-refractivity contribution in [3.8, 4) is 0 Å². The summed E-state index contributed by atoms with van der Waals surface area (Å²) >= 11 is 0. The first-order valence-corrected chi connectivity index (χ1v) is 5.73. The maximum atomic E-state index is 11.7. The van der Waals surface area contributed by atoms with Crippen LogP contribution >= 0.6 is 0 Å². The minimum absolute atomic E-state index is 0.0979. The monoisotopic (exact) mass is 214 g/mol. The molecular formula is C12H22O3. The Morgan fingerprint density at radius 1 is 1.47 bits per heavy atom.